The van der Waals surface area contributed by atoms with Crippen LogP contribution < -0.4 is 0 Å². The molecule has 0 N–H and O–H groups in total. The van der Waals surface area contributed by atoms with Crippen LogP contribution in [0, 0.1) is 0 Å². The van der Waals surface area contributed by atoms with Gasteiger partial charge < -0.3 is 0 Å². The Balaban J connectivity index is 1.45. The molecule has 0 aliphatic carbocycles. The van der Waals surface area contributed by atoms with Gasteiger partial charge in [-0.3, -0.25) is 4.98 Å². The molecule has 0 aliphatic heterocycles. The summed E-state index contributed by atoms with van der Waals surface area (Å²) in [6, 6.07) is 42.1. The first-order valence-electron chi connectivity index (χ1n) is 11.9. The fraction of sp³-hybridized carbons (Fsp3) is 0. The first-order chi connectivity index (χ1) is 17.8. The predicted molar refractivity (Wildman–Crippen MR) is 147 cm³/mol. The highest BCUT2D eigenvalue weighted by molar-refractivity contribution is 5.82. The van der Waals surface area contributed by atoms with E-state index in [2.05, 4.69) is 106 Å². The molecule has 170 valence electrons. The third kappa shape index (κ3) is 4.55. The molecule has 0 amide bonds. The van der Waals surface area contributed by atoms with Gasteiger partial charge in [-0.2, -0.15) is 0 Å². The zero-order chi connectivity index (χ0) is 24.2. The van der Waals surface area contributed by atoms with E-state index >= 15 is 0 Å². The molecule has 0 saturated carbocycles. The van der Waals surface area contributed by atoms with Crippen LogP contribution in [-0.4, -0.2) is 15.0 Å². The molecule has 3 nitrogen and oxygen atoms in total. The van der Waals surface area contributed by atoms with Crippen LogP contribution in [-0.2, 0) is 0 Å². The number of hydrogen-bond acceptors (Lipinski definition) is 3. The van der Waals surface area contributed by atoms with E-state index in [9.17, 15) is 0 Å². The minimum absolute atomic E-state index is 0.718. The zero-order valence-corrected chi connectivity index (χ0v) is 19.6. The lowest BCUT2D eigenvalue weighted by Gasteiger charge is -2.12. The van der Waals surface area contributed by atoms with Crippen LogP contribution >= 0.6 is 0 Å². The summed E-state index contributed by atoms with van der Waals surface area (Å²) in [7, 11) is 0. The van der Waals surface area contributed by atoms with Crippen molar-refractivity contribution in [2.24, 2.45) is 0 Å². The highest BCUT2D eigenvalue weighted by atomic mass is 14.8. The summed E-state index contributed by atoms with van der Waals surface area (Å²) in [4.78, 5) is 13.5. The van der Waals surface area contributed by atoms with Gasteiger partial charge in [0, 0.05) is 29.7 Å². The van der Waals surface area contributed by atoms with E-state index in [1.165, 1.54) is 0 Å². The molecule has 2 aromatic heterocycles. The number of hydrogen-bond donors (Lipinski definition) is 0. The molecule has 2 heterocycles. The summed E-state index contributed by atoms with van der Waals surface area (Å²) in [6.07, 6.45) is 5.40. The minimum atomic E-state index is 0.718. The standard InChI is InChI=1S/C33H23N3/c1-2-9-24(10-3-1)29-21-30(23-31(22-29)33-35-17-8-18-36-33)27-13-6-11-25(19-27)26-12-7-14-28(20-26)32-15-4-5-16-34-32/h1-23H. The molecule has 0 radical (unpaired) electrons. The Bertz CT molecular complexity index is 1550. The second kappa shape index (κ2) is 9.77. The van der Waals surface area contributed by atoms with Gasteiger partial charge in [0.2, 0.25) is 0 Å². The molecule has 36 heavy (non-hydrogen) atoms. The largest absolute Gasteiger partial charge is 0.256 e. The first-order valence-corrected chi connectivity index (χ1v) is 11.9. The molecular formula is C33H23N3. The van der Waals surface area contributed by atoms with E-state index in [0.717, 1.165) is 56.0 Å². The molecule has 0 atom stereocenters. The van der Waals surface area contributed by atoms with Gasteiger partial charge in [-0.05, 0) is 81.9 Å². The number of benzene rings is 4. The Morgan fingerprint density at radius 3 is 1.50 bits per heavy atom. The van der Waals surface area contributed by atoms with Gasteiger partial charge in [0.15, 0.2) is 5.82 Å². The van der Waals surface area contributed by atoms with Crippen LogP contribution in [0.3, 0.4) is 0 Å². The van der Waals surface area contributed by atoms with Crippen LogP contribution in [0.15, 0.2) is 140 Å². The molecule has 6 aromatic rings. The van der Waals surface area contributed by atoms with Crippen molar-refractivity contribution < 1.29 is 0 Å². The highest BCUT2D eigenvalue weighted by Gasteiger charge is 2.10. The number of pyridine rings is 1. The third-order valence-electron chi connectivity index (χ3n) is 6.22. The summed E-state index contributed by atoms with van der Waals surface area (Å²) >= 11 is 0. The SMILES string of the molecule is c1ccc(-c2cc(-c3cccc(-c4cccc(-c5ccccn5)c4)c3)cc(-c3ncccn3)c2)cc1. The first kappa shape index (κ1) is 21.6. The smallest absolute Gasteiger partial charge is 0.159 e. The average Bonchev–Trinajstić information content (AvgIpc) is 2.98. The van der Waals surface area contributed by atoms with E-state index in [0.29, 0.717) is 0 Å². The van der Waals surface area contributed by atoms with Crippen molar-refractivity contribution >= 4 is 0 Å². The second-order valence-electron chi connectivity index (χ2n) is 8.61. The van der Waals surface area contributed by atoms with Crippen LogP contribution in [0.5, 0.6) is 0 Å². The molecule has 0 unspecified atom stereocenters. The van der Waals surface area contributed by atoms with E-state index in [1.807, 2.05) is 36.5 Å². The predicted octanol–water partition coefficient (Wildman–Crippen LogP) is 8.21. The quantitative estimate of drug-likeness (QED) is 0.260. The van der Waals surface area contributed by atoms with Crippen molar-refractivity contribution in [2.75, 3.05) is 0 Å². The van der Waals surface area contributed by atoms with Crippen molar-refractivity contribution in [2.45, 2.75) is 0 Å². The molecule has 3 heteroatoms. The second-order valence-corrected chi connectivity index (χ2v) is 8.61. The van der Waals surface area contributed by atoms with Crippen molar-refractivity contribution in [1.82, 2.24) is 15.0 Å². The number of nitrogens with zero attached hydrogens (tertiary/aromatic N) is 3. The summed E-state index contributed by atoms with van der Waals surface area (Å²) in [5, 5.41) is 0. The number of aromatic nitrogens is 3. The maximum atomic E-state index is 4.51. The van der Waals surface area contributed by atoms with Gasteiger partial charge >= 0.3 is 0 Å². The Morgan fingerprint density at radius 2 is 0.806 bits per heavy atom. The molecular weight excluding hydrogens is 438 g/mol. The Kier molecular flexibility index (Phi) is 5.87. The molecule has 6 rings (SSSR count). The van der Waals surface area contributed by atoms with E-state index < -0.39 is 0 Å². The highest BCUT2D eigenvalue weighted by Crippen LogP contribution is 2.34. The maximum Gasteiger partial charge on any atom is 0.159 e. The maximum absolute atomic E-state index is 4.51. The fourth-order valence-corrected chi connectivity index (χ4v) is 4.44. The Hall–Kier alpha value is -4.89. The molecule has 0 fully saturated rings. The lowest BCUT2D eigenvalue weighted by molar-refractivity contribution is 1.18. The topological polar surface area (TPSA) is 38.7 Å². The van der Waals surface area contributed by atoms with Crippen LogP contribution in [0.25, 0.3) is 56.0 Å². The zero-order valence-electron chi connectivity index (χ0n) is 19.6. The molecule has 4 aromatic carbocycles. The van der Waals surface area contributed by atoms with E-state index in [-0.39, 0.29) is 0 Å². The van der Waals surface area contributed by atoms with Crippen molar-refractivity contribution in [3.05, 3.63) is 140 Å². The monoisotopic (exact) mass is 461 g/mol. The summed E-state index contributed by atoms with van der Waals surface area (Å²) in [5.41, 5.74) is 9.96. The summed E-state index contributed by atoms with van der Waals surface area (Å²) in [5.74, 6) is 0.718. The normalized spacial score (nSPS) is 10.8. The van der Waals surface area contributed by atoms with Gasteiger partial charge in [-0.25, -0.2) is 9.97 Å². The fourth-order valence-electron chi connectivity index (χ4n) is 4.44. The van der Waals surface area contributed by atoms with E-state index in [1.54, 1.807) is 12.4 Å². The number of rotatable bonds is 5. The molecule has 0 bridgehead atoms. The van der Waals surface area contributed by atoms with Crippen LogP contribution in [0.1, 0.15) is 0 Å². The van der Waals surface area contributed by atoms with Crippen LogP contribution in [0.4, 0.5) is 0 Å². The lowest BCUT2D eigenvalue weighted by Crippen LogP contribution is -1.90. The van der Waals surface area contributed by atoms with Gasteiger partial charge in [0.1, 0.15) is 0 Å². The van der Waals surface area contributed by atoms with Crippen LogP contribution in [0.2, 0.25) is 0 Å². The van der Waals surface area contributed by atoms with Gasteiger partial charge in [0.25, 0.3) is 0 Å². The van der Waals surface area contributed by atoms with Crippen molar-refractivity contribution in [3.63, 3.8) is 0 Å². The average molecular weight is 462 g/mol. The third-order valence-corrected chi connectivity index (χ3v) is 6.22. The van der Waals surface area contributed by atoms with E-state index in [4.69, 9.17) is 0 Å². The molecule has 0 aliphatic rings. The Labute approximate surface area is 210 Å². The van der Waals surface area contributed by atoms with Gasteiger partial charge in [0.05, 0.1) is 5.69 Å². The Morgan fingerprint density at radius 1 is 0.306 bits per heavy atom. The van der Waals surface area contributed by atoms with Crippen molar-refractivity contribution in [1.29, 1.82) is 0 Å². The molecule has 0 saturated heterocycles. The minimum Gasteiger partial charge on any atom is -0.256 e. The van der Waals surface area contributed by atoms with Gasteiger partial charge in [-0.15, -0.1) is 0 Å². The lowest BCUT2D eigenvalue weighted by atomic mass is 9.93. The summed E-state index contributed by atoms with van der Waals surface area (Å²) < 4.78 is 0. The van der Waals surface area contributed by atoms with Crippen molar-refractivity contribution in [3.8, 4) is 56.0 Å². The summed E-state index contributed by atoms with van der Waals surface area (Å²) in [6.45, 7) is 0. The van der Waals surface area contributed by atoms with Gasteiger partial charge in [-0.1, -0.05) is 72.8 Å². The molecule has 0 spiro atoms.